The molecule has 0 spiro atoms. The average Bonchev–Trinajstić information content (AvgIpc) is 3.87. The maximum atomic E-state index is 15.4. The van der Waals surface area contributed by atoms with E-state index < -0.39 is 148 Å². The molecule has 8 bridgehead atoms. The van der Waals surface area contributed by atoms with Crippen LogP contribution >= 0.6 is 0 Å². The number of nitrogens with two attached hydrogens (primary N) is 1. The van der Waals surface area contributed by atoms with Crippen molar-refractivity contribution in [3.63, 3.8) is 0 Å². The maximum absolute atomic E-state index is 15.4. The standard InChI is InChI=1S/C32H7F12N9/c33-13-7-9(15(35)21(41)19(13)39)29-49-27(7)47-25-5-2-1-4(45)3-6(5)26(46-25)48-28-8-10(16(36)22(42)20(40)14(8)34)30(50-28)52-32-12-11(31(51-29)53-32)17(37)23(43)24(44)18(12)38/h1-3H,45H2,(H2,46,47,48,49,50,51,52,53). The van der Waals surface area contributed by atoms with Crippen molar-refractivity contribution in [2.24, 2.45) is 0 Å². The molecule has 0 atom stereocenters. The topological polar surface area (TPSA) is 135 Å². The summed E-state index contributed by atoms with van der Waals surface area (Å²) in [6.45, 7) is 0. The van der Waals surface area contributed by atoms with Gasteiger partial charge in [-0.25, -0.2) is 82.6 Å². The highest BCUT2D eigenvalue weighted by Gasteiger charge is 2.35. The Morgan fingerprint density at radius 1 is 0.358 bits per heavy atom. The highest BCUT2D eigenvalue weighted by molar-refractivity contribution is 6.09. The number of rotatable bonds is 0. The van der Waals surface area contributed by atoms with Gasteiger partial charge in [0.05, 0.1) is 32.7 Å². The van der Waals surface area contributed by atoms with Gasteiger partial charge in [-0.05, 0) is 18.2 Å². The molecule has 4 aromatic carbocycles. The summed E-state index contributed by atoms with van der Waals surface area (Å²) < 4.78 is 180. The van der Waals surface area contributed by atoms with E-state index in [1.807, 2.05) is 0 Å². The first-order valence-corrected chi connectivity index (χ1v) is 14.5. The first-order chi connectivity index (χ1) is 25.2. The van der Waals surface area contributed by atoms with Gasteiger partial charge in [-0.15, -0.1) is 0 Å². The summed E-state index contributed by atoms with van der Waals surface area (Å²) in [4.78, 5) is 28.2. The van der Waals surface area contributed by atoms with E-state index in [9.17, 15) is 26.3 Å². The number of aromatic nitrogens is 8. The minimum Gasteiger partial charge on any atom is -0.399 e. The van der Waals surface area contributed by atoms with Gasteiger partial charge in [0, 0.05) is 16.8 Å². The summed E-state index contributed by atoms with van der Waals surface area (Å²) in [5.41, 5.74) is -0.428. The number of nitrogens with zero attached hydrogens (tertiary/aromatic N) is 6. The fourth-order valence-electron chi connectivity index (χ4n) is 6.15. The van der Waals surface area contributed by atoms with Crippen molar-refractivity contribution in [1.29, 1.82) is 0 Å². The average molecular weight is 745 g/mol. The van der Waals surface area contributed by atoms with Gasteiger partial charge in [0.15, 0.2) is 93.1 Å². The van der Waals surface area contributed by atoms with Gasteiger partial charge in [0.2, 0.25) is 0 Å². The van der Waals surface area contributed by atoms with Gasteiger partial charge in [0.1, 0.15) is 22.6 Å². The van der Waals surface area contributed by atoms with E-state index >= 15 is 26.3 Å². The van der Waals surface area contributed by atoms with Crippen LogP contribution in [0.25, 0.3) is 89.7 Å². The highest BCUT2D eigenvalue weighted by Crippen LogP contribution is 2.43. The molecule has 9 nitrogen and oxygen atoms in total. The molecule has 0 aliphatic carbocycles. The van der Waals surface area contributed by atoms with Crippen molar-refractivity contribution < 1.29 is 52.7 Å². The van der Waals surface area contributed by atoms with E-state index in [2.05, 4.69) is 39.9 Å². The molecule has 0 saturated carbocycles. The van der Waals surface area contributed by atoms with Crippen LogP contribution in [0.5, 0.6) is 0 Å². The van der Waals surface area contributed by atoms with Crippen molar-refractivity contribution in [3.8, 4) is 45.6 Å². The summed E-state index contributed by atoms with van der Waals surface area (Å²) in [5.74, 6) is -29.7. The normalized spacial score (nSPS) is 12.2. The zero-order chi connectivity index (χ0) is 37.5. The molecule has 3 aromatic heterocycles. The lowest BCUT2D eigenvalue weighted by Gasteiger charge is -2.05. The van der Waals surface area contributed by atoms with E-state index in [0.717, 1.165) is 0 Å². The number of fused-ring (bicyclic) bond motifs is 20. The molecule has 0 fully saturated rings. The predicted octanol–water partition coefficient (Wildman–Crippen LogP) is 8.12. The highest BCUT2D eigenvalue weighted by atomic mass is 19.2. The van der Waals surface area contributed by atoms with Gasteiger partial charge >= 0.3 is 0 Å². The Morgan fingerprint density at radius 2 is 0.698 bits per heavy atom. The minimum atomic E-state index is -2.41. The molecule has 9 rings (SSSR count). The van der Waals surface area contributed by atoms with E-state index in [1.54, 1.807) is 0 Å². The van der Waals surface area contributed by atoms with E-state index in [0.29, 0.717) is 0 Å². The fourth-order valence-corrected chi connectivity index (χ4v) is 6.15. The quantitative estimate of drug-likeness (QED) is 0.0618. The van der Waals surface area contributed by atoms with Crippen LogP contribution in [-0.4, -0.2) is 39.9 Å². The second-order valence-electron chi connectivity index (χ2n) is 11.4. The summed E-state index contributed by atoms with van der Waals surface area (Å²) in [5, 5.41) is -4.84. The molecule has 2 aliphatic rings. The maximum Gasteiger partial charge on any atom is 0.198 e. The van der Waals surface area contributed by atoms with Crippen LogP contribution < -0.4 is 5.73 Å². The number of nitrogen functional groups attached to an aromatic ring is 1. The Morgan fingerprint density at radius 3 is 1.17 bits per heavy atom. The predicted molar refractivity (Wildman–Crippen MR) is 160 cm³/mol. The molecule has 0 amide bonds. The van der Waals surface area contributed by atoms with Gasteiger partial charge in [-0.2, -0.15) is 0 Å². The van der Waals surface area contributed by atoms with Crippen molar-refractivity contribution in [2.45, 2.75) is 0 Å². The molecule has 21 heteroatoms. The number of H-pyrrole nitrogens is 2. The zero-order valence-electron chi connectivity index (χ0n) is 25.0. The van der Waals surface area contributed by atoms with E-state index in [-0.39, 0.29) is 16.8 Å². The van der Waals surface area contributed by atoms with Crippen LogP contribution in [0.4, 0.5) is 58.4 Å². The molecular formula is C32H7F12N9. The van der Waals surface area contributed by atoms with Gasteiger partial charge < -0.3 is 15.7 Å². The summed E-state index contributed by atoms with van der Waals surface area (Å²) >= 11 is 0. The molecule has 4 N–H and O–H groups in total. The first kappa shape index (κ1) is 32.1. The Labute approximate surface area is 281 Å². The molecule has 53 heavy (non-hydrogen) atoms. The Hall–Kier alpha value is -6.80. The number of halogens is 12. The monoisotopic (exact) mass is 745 g/mol. The smallest absolute Gasteiger partial charge is 0.198 e. The van der Waals surface area contributed by atoms with Gasteiger partial charge in [0.25, 0.3) is 0 Å². The lowest BCUT2D eigenvalue weighted by atomic mass is 10.1. The number of hydrogen-bond donors (Lipinski definition) is 3. The van der Waals surface area contributed by atoms with Gasteiger partial charge in [-0.3, -0.25) is 0 Å². The van der Waals surface area contributed by atoms with Crippen LogP contribution in [0.1, 0.15) is 0 Å². The molecule has 0 unspecified atom stereocenters. The summed E-state index contributed by atoms with van der Waals surface area (Å²) in [7, 11) is 0. The third-order valence-corrected chi connectivity index (χ3v) is 8.49. The zero-order valence-corrected chi connectivity index (χ0v) is 25.0. The van der Waals surface area contributed by atoms with Crippen LogP contribution in [0.3, 0.4) is 0 Å². The Bertz CT molecular complexity index is 3070. The molecule has 5 heterocycles. The molecule has 0 radical (unpaired) electrons. The van der Waals surface area contributed by atoms with Crippen molar-refractivity contribution in [3.05, 3.63) is 88.0 Å². The molecule has 264 valence electrons. The fraction of sp³-hybridized carbons (Fsp3) is 0. The number of hydrogen-bond acceptors (Lipinski definition) is 7. The second-order valence-corrected chi connectivity index (χ2v) is 11.4. The van der Waals surface area contributed by atoms with E-state index in [1.165, 1.54) is 18.2 Å². The van der Waals surface area contributed by atoms with Crippen molar-refractivity contribution in [2.75, 3.05) is 5.73 Å². The number of nitrogens with one attached hydrogen (secondary N) is 2. The van der Waals surface area contributed by atoms with Gasteiger partial charge in [-0.1, -0.05) is 0 Å². The minimum absolute atomic E-state index is 0.00579. The van der Waals surface area contributed by atoms with Crippen LogP contribution in [0, 0.1) is 69.8 Å². The molecule has 7 aromatic rings. The van der Waals surface area contributed by atoms with Crippen molar-refractivity contribution >= 4 is 49.8 Å². The Balaban J connectivity index is 1.59. The Kier molecular flexibility index (Phi) is 6.44. The lowest BCUT2D eigenvalue weighted by molar-refractivity contribution is 0.412. The number of aromatic amines is 2. The lowest BCUT2D eigenvalue weighted by Crippen LogP contribution is -2.01. The number of anilines is 1. The number of benzene rings is 4. The SMILES string of the molecule is Nc1ccc2c(c1)-c1nc-2nc2[nH]c(nc3[nH]c(nc4nc(n1)-c1c(F)c(F)c(F)c(F)c1-4)c1c(F)c(F)c(F)c(F)c31)c1c(F)c(F)c(F)c(F)c21. The first-order valence-electron chi connectivity index (χ1n) is 14.5. The molecular weight excluding hydrogens is 738 g/mol. The summed E-state index contributed by atoms with van der Waals surface area (Å²) in [6, 6.07) is 3.85. The van der Waals surface area contributed by atoms with E-state index in [4.69, 9.17) is 5.73 Å². The van der Waals surface area contributed by atoms with Crippen LogP contribution in [-0.2, 0) is 0 Å². The second kappa shape index (κ2) is 10.6. The third-order valence-electron chi connectivity index (χ3n) is 8.49. The summed E-state index contributed by atoms with van der Waals surface area (Å²) in [6.07, 6.45) is 0. The molecule has 0 saturated heterocycles. The third kappa shape index (κ3) is 4.17. The van der Waals surface area contributed by atoms with Crippen molar-refractivity contribution in [1.82, 2.24) is 39.9 Å². The largest absolute Gasteiger partial charge is 0.399 e. The van der Waals surface area contributed by atoms with Crippen LogP contribution in [0.15, 0.2) is 18.2 Å². The van der Waals surface area contributed by atoms with Crippen LogP contribution in [0.2, 0.25) is 0 Å². The molecule has 2 aliphatic heterocycles.